The lowest BCUT2D eigenvalue weighted by Gasteiger charge is -2.41. The van der Waals surface area contributed by atoms with Crippen molar-refractivity contribution in [2.45, 2.75) is 39.8 Å². The van der Waals surface area contributed by atoms with Gasteiger partial charge in [-0.3, -0.25) is 14.8 Å². The molecule has 1 aliphatic rings. The number of nitrogens with one attached hydrogen (secondary N) is 2. The highest BCUT2D eigenvalue weighted by atomic mass is 16.1. The van der Waals surface area contributed by atoms with Gasteiger partial charge in [0.25, 0.3) is 0 Å². The van der Waals surface area contributed by atoms with Crippen LogP contribution in [0.3, 0.4) is 0 Å². The molecule has 134 valence electrons. The van der Waals surface area contributed by atoms with E-state index in [4.69, 9.17) is 0 Å². The van der Waals surface area contributed by atoms with E-state index in [0.717, 1.165) is 31.0 Å². The third kappa shape index (κ3) is 4.69. The predicted octanol–water partition coefficient (Wildman–Crippen LogP) is 2.53. The number of aromatic nitrogens is 2. The van der Waals surface area contributed by atoms with Crippen molar-refractivity contribution in [3.8, 4) is 0 Å². The molecule has 1 amide bonds. The lowest BCUT2D eigenvalue weighted by atomic mass is 9.85. The molecule has 1 fully saturated rings. The minimum Gasteiger partial charge on any atom is -0.352 e. The van der Waals surface area contributed by atoms with Crippen molar-refractivity contribution in [2.24, 2.45) is 11.8 Å². The summed E-state index contributed by atoms with van der Waals surface area (Å²) in [5.41, 5.74) is 3.13. The lowest BCUT2D eigenvalue weighted by molar-refractivity contribution is -0.122. The van der Waals surface area contributed by atoms with Crippen LogP contribution in [0.5, 0.6) is 0 Å². The molecule has 1 saturated heterocycles. The second kappa shape index (κ2) is 7.83. The number of likely N-dealkylation sites (tertiary alicyclic amines) is 1. The summed E-state index contributed by atoms with van der Waals surface area (Å²) in [5, 5.41) is 10.3. The Balaban J connectivity index is 1.54. The Bertz CT molecular complexity index is 685. The van der Waals surface area contributed by atoms with Crippen molar-refractivity contribution < 1.29 is 4.79 Å². The topological polar surface area (TPSA) is 61.0 Å². The van der Waals surface area contributed by atoms with Crippen molar-refractivity contribution >= 4 is 5.91 Å². The number of piperidine rings is 1. The Labute approximate surface area is 149 Å². The van der Waals surface area contributed by atoms with Crippen molar-refractivity contribution in [1.29, 1.82) is 0 Å². The Morgan fingerprint density at radius 1 is 1.24 bits per heavy atom. The molecule has 0 saturated carbocycles. The van der Waals surface area contributed by atoms with Crippen LogP contribution in [-0.4, -0.2) is 40.1 Å². The number of aryl methyl sites for hydroxylation is 1. The van der Waals surface area contributed by atoms with E-state index in [9.17, 15) is 4.79 Å². The molecule has 2 N–H and O–H groups in total. The number of carbonyl (C=O) groups is 1. The smallest absolute Gasteiger partial charge is 0.226 e. The van der Waals surface area contributed by atoms with E-state index >= 15 is 0 Å². The summed E-state index contributed by atoms with van der Waals surface area (Å²) in [6.07, 6.45) is 0.341. The van der Waals surface area contributed by atoms with Crippen LogP contribution in [0.15, 0.2) is 36.4 Å². The largest absolute Gasteiger partial charge is 0.352 e. The maximum absolute atomic E-state index is 12.4. The molecule has 5 heteroatoms. The molecule has 0 spiro atoms. The third-order valence-electron chi connectivity index (χ3n) is 5.00. The minimum atomic E-state index is 0.0618. The van der Waals surface area contributed by atoms with Gasteiger partial charge in [-0.15, -0.1) is 0 Å². The molecule has 2 heterocycles. The van der Waals surface area contributed by atoms with Gasteiger partial charge in [0, 0.05) is 31.4 Å². The highest BCUT2D eigenvalue weighted by molar-refractivity contribution is 5.78. The van der Waals surface area contributed by atoms with Gasteiger partial charge in [-0.1, -0.05) is 44.2 Å². The van der Waals surface area contributed by atoms with Gasteiger partial charge in [0.1, 0.15) is 0 Å². The third-order valence-corrected chi connectivity index (χ3v) is 5.00. The number of carbonyl (C=O) groups excluding carboxylic acids is 1. The van der Waals surface area contributed by atoms with Crippen LogP contribution < -0.4 is 5.32 Å². The average molecular weight is 340 g/mol. The summed E-state index contributed by atoms with van der Waals surface area (Å²) in [6, 6.07) is 12.7. The first kappa shape index (κ1) is 17.7. The zero-order valence-electron chi connectivity index (χ0n) is 15.3. The van der Waals surface area contributed by atoms with E-state index in [1.54, 1.807) is 0 Å². The molecule has 1 unspecified atom stereocenters. The molecule has 2 aromatic rings. The van der Waals surface area contributed by atoms with Crippen LogP contribution >= 0.6 is 0 Å². The number of nitrogens with zero attached hydrogens (tertiary/aromatic N) is 2. The van der Waals surface area contributed by atoms with Gasteiger partial charge >= 0.3 is 0 Å². The van der Waals surface area contributed by atoms with Crippen molar-refractivity contribution in [2.75, 3.05) is 13.1 Å². The molecule has 25 heavy (non-hydrogen) atoms. The van der Waals surface area contributed by atoms with Gasteiger partial charge in [-0.2, -0.15) is 5.10 Å². The number of aromatic amines is 1. The maximum Gasteiger partial charge on any atom is 0.226 e. The van der Waals surface area contributed by atoms with Gasteiger partial charge in [0.05, 0.1) is 12.1 Å². The molecule has 0 bridgehead atoms. The molecule has 3 atom stereocenters. The zero-order chi connectivity index (χ0) is 17.8. The van der Waals surface area contributed by atoms with Gasteiger partial charge in [0.2, 0.25) is 5.91 Å². The van der Waals surface area contributed by atoms with Crippen molar-refractivity contribution in [3.63, 3.8) is 0 Å². The normalized spacial score (nSPS) is 24.2. The van der Waals surface area contributed by atoms with E-state index in [1.165, 1.54) is 5.56 Å². The van der Waals surface area contributed by atoms with Crippen LogP contribution in [0.25, 0.3) is 0 Å². The van der Waals surface area contributed by atoms with Crippen molar-refractivity contribution in [1.82, 2.24) is 20.4 Å². The molecule has 3 rings (SSSR count). The SMILES string of the molecule is Cc1cc(CC(=O)NC2[C@H](C)CN(Cc3ccccc3)C[C@@H]2C)n[nH]1. The second-order valence-electron chi connectivity index (χ2n) is 7.45. The quantitative estimate of drug-likeness (QED) is 0.879. The molecule has 0 aliphatic carbocycles. The van der Waals surface area contributed by atoms with Crippen LogP contribution in [0.2, 0.25) is 0 Å². The van der Waals surface area contributed by atoms with Crippen LogP contribution in [0.4, 0.5) is 0 Å². The number of hydrogen-bond acceptors (Lipinski definition) is 3. The fourth-order valence-corrected chi connectivity index (χ4v) is 3.90. The summed E-state index contributed by atoms with van der Waals surface area (Å²) in [6.45, 7) is 9.40. The Morgan fingerprint density at radius 3 is 2.52 bits per heavy atom. The Morgan fingerprint density at radius 2 is 1.92 bits per heavy atom. The first-order valence-corrected chi connectivity index (χ1v) is 9.08. The number of hydrogen-bond donors (Lipinski definition) is 2. The summed E-state index contributed by atoms with van der Waals surface area (Å²) < 4.78 is 0. The fourth-order valence-electron chi connectivity index (χ4n) is 3.90. The summed E-state index contributed by atoms with van der Waals surface area (Å²) in [4.78, 5) is 14.9. The van der Waals surface area contributed by atoms with Gasteiger partial charge in [-0.25, -0.2) is 0 Å². The molecule has 1 aliphatic heterocycles. The van der Waals surface area contributed by atoms with E-state index < -0.39 is 0 Å². The monoisotopic (exact) mass is 340 g/mol. The highest BCUT2D eigenvalue weighted by Crippen LogP contribution is 2.23. The summed E-state index contributed by atoms with van der Waals surface area (Å²) in [5.74, 6) is 0.918. The number of amides is 1. The van der Waals surface area contributed by atoms with Gasteiger partial charge in [-0.05, 0) is 30.4 Å². The molecular formula is C20H28N4O. The number of rotatable bonds is 5. The van der Waals surface area contributed by atoms with Crippen LogP contribution in [0, 0.1) is 18.8 Å². The summed E-state index contributed by atoms with van der Waals surface area (Å²) >= 11 is 0. The van der Waals surface area contributed by atoms with Crippen LogP contribution in [-0.2, 0) is 17.8 Å². The standard InChI is InChI=1S/C20H28N4O/c1-14-11-24(13-17-7-5-4-6-8-17)12-15(2)20(14)21-19(25)10-18-9-16(3)22-23-18/h4-9,14-15,20H,10-13H2,1-3H3,(H,21,25)(H,22,23)/t14-,15+,20?. The van der Waals surface area contributed by atoms with E-state index in [2.05, 4.69) is 64.6 Å². The minimum absolute atomic E-state index is 0.0618. The van der Waals surface area contributed by atoms with Crippen LogP contribution in [0.1, 0.15) is 30.8 Å². The Hall–Kier alpha value is -2.14. The molecule has 0 radical (unpaired) electrons. The van der Waals surface area contributed by atoms with E-state index in [-0.39, 0.29) is 11.9 Å². The highest BCUT2D eigenvalue weighted by Gasteiger charge is 2.32. The molecule has 1 aromatic heterocycles. The average Bonchev–Trinajstić information content (AvgIpc) is 2.97. The number of H-pyrrole nitrogens is 1. The van der Waals surface area contributed by atoms with Crippen molar-refractivity contribution in [3.05, 3.63) is 53.3 Å². The predicted molar refractivity (Wildman–Crippen MR) is 99.0 cm³/mol. The zero-order valence-corrected chi connectivity index (χ0v) is 15.3. The first-order valence-electron chi connectivity index (χ1n) is 9.08. The van der Waals surface area contributed by atoms with Gasteiger partial charge < -0.3 is 5.32 Å². The molecule has 5 nitrogen and oxygen atoms in total. The maximum atomic E-state index is 12.4. The molecule has 1 aromatic carbocycles. The van der Waals surface area contributed by atoms with E-state index in [1.807, 2.05) is 13.0 Å². The summed E-state index contributed by atoms with van der Waals surface area (Å²) in [7, 11) is 0. The molecular weight excluding hydrogens is 312 g/mol. The first-order chi connectivity index (χ1) is 12.0. The fraction of sp³-hybridized carbons (Fsp3) is 0.500. The van der Waals surface area contributed by atoms with E-state index in [0.29, 0.717) is 18.3 Å². The Kier molecular flexibility index (Phi) is 5.53. The second-order valence-corrected chi connectivity index (χ2v) is 7.45. The number of benzene rings is 1. The lowest BCUT2D eigenvalue weighted by Crippen LogP contribution is -2.54. The van der Waals surface area contributed by atoms with Gasteiger partial charge in [0.15, 0.2) is 0 Å².